The molecule has 0 aromatic carbocycles. The zero-order valence-electron chi connectivity index (χ0n) is 3.21. The molecule has 0 atom stereocenters. The number of carbonyl (C=O) groups is 1. The van der Waals surface area contributed by atoms with Crippen LogP contribution in [0.1, 0.15) is 0 Å². The SMILES string of the molecule is O.O.O=C(O)O.[Cr]. The second-order valence-corrected chi connectivity index (χ2v) is 0.283. The van der Waals surface area contributed by atoms with Gasteiger partial charge in [-0.3, -0.25) is 0 Å². The van der Waals surface area contributed by atoms with Gasteiger partial charge in [0.2, 0.25) is 0 Å². The Morgan fingerprint density at radius 2 is 1.14 bits per heavy atom. The van der Waals surface area contributed by atoms with Crippen LogP contribution >= 0.6 is 0 Å². The van der Waals surface area contributed by atoms with Crippen LogP contribution in [0.3, 0.4) is 0 Å². The molecule has 6 heteroatoms. The first-order chi connectivity index (χ1) is 1.73. The molecule has 0 aliphatic carbocycles. The molecule has 0 aliphatic rings. The summed E-state index contributed by atoms with van der Waals surface area (Å²) in [6, 6.07) is 0. The Morgan fingerprint density at radius 1 is 1.14 bits per heavy atom. The third-order valence-corrected chi connectivity index (χ3v) is 0. The van der Waals surface area contributed by atoms with Crippen molar-refractivity contribution in [3.05, 3.63) is 0 Å². The van der Waals surface area contributed by atoms with E-state index >= 15 is 0 Å². The van der Waals surface area contributed by atoms with Gasteiger partial charge < -0.3 is 21.2 Å². The summed E-state index contributed by atoms with van der Waals surface area (Å²) in [7, 11) is 0. The molecule has 0 unspecified atom stereocenters. The molecular formula is CH6CrO5. The van der Waals surface area contributed by atoms with E-state index in [0.717, 1.165) is 0 Å². The van der Waals surface area contributed by atoms with Crippen LogP contribution in [0.25, 0.3) is 0 Å². The van der Waals surface area contributed by atoms with Gasteiger partial charge in [0.1, 0.15) is 0 Å². The molecule has 0 aliphatic heterocycles. The van der Waals surface area contributed by atoms with Crippen LogP contribution in [0.5, 0.6) is 0 Å². The number of hydrogen-bond acceptors (Lipinski definition) is 1. The van der Waals surface area contributed by atoms with Gasteiger partial charge in [-0.1, -0.05) is 0 Å². The fourth-order valence-electron chi connectivity index (χ4n) is 0. The van der Waals surface area contributed by atoms with Crippen LogP contribution in [0.2, 0.25) is 0 Å². The second kappa shape index (κ2) is 17.2. The zero-order chi connectivity index (χ0) is 3.58. The maximum absolute atomic E-state index is 8.56. The van der Waals surface area contributed by atoms with Gasteiger partial charge in [-0.2, -0.15) is 0 Å². The molecule has 0 amide bonds. The van der Waals surface area contributed by atoms with Crippen molar-refractivity contribution in [2.75, 3.05) is 0 Å². The van der Waals surface area contributed by atoms with E-state index in [2.05, 4.69) is 0 Å². The van der Waals surface area contributed by atoms with Gasteiger partial charge in [0, 0.05) is 17.4 Å². The minimum absolute atomic E-state index is 0. The topological polar surface area (TPSA) is 121 Å². The van der Waals surface area contributed by atoms with Gasteiger partial charge in [-0.25, -0.2) is 4.79 Å². The predicted molar refractivity (Wildman–Crippen MR) is 17.9 cm³/mol. The summed E-state index contributed by atoms with van der Waals surface area (Å²) >= 11 is 0. The largest absolute Gasteiger partial charge is 0.503 e. The van der Waals surface area contributed by atoms with Crippen LogP contribution in [-0.2, 0) is 17.4 Å². The van der Waals surface area contributed by atoms with E-state index in [9.17, 15) is 0 Å². The average Bonchev–Trinajstić information content (AvgIpc) is 0.811. The Bertz CT molecular complexity index is 31.1. The van der Waals surface area contributed by atoms with Crippen molar-refractivity contribution in [2.24, 2.45) is 0 Å². The van der Waals surface area contributed by atoms with Crippen molar-refractivity contribution in [3.63, 3.8) is 0 Å². The van der Waals surface area contributed by atoms with Crippen LogP contribution < -0.4 is 0 Å². The van der Waals surface area contributed by atoms with Crippen molar-refractivity contribution >= 4 is 6.16 Å². The maximum Gasteiger partial charge on any atom is 0.503 e. The van der Waals surface area contributed by atoms with Crippen LogP contribution in [0.15, 0.2) is 0 Å². The molecule has 6 N–H and O–H groups in total. The quantitative estimate of drug-likeness (QED) is 0.440. The van der Waals surface area contributed by atoms with Crippen LogP contribution in [0, 0.1) is 0 Å². The molecule has 0 saturated heterocycles. The first kappa shape index (κ1) is 29.7. The molecule has 46 valence electrons. The maximum atomic E-state index is 8.56. The summed E-state index contributed by atoms with van der Waals surface area (Å²) < 4.78 is 0. The van der Waals surface area contributed by atoms with Crippen LogP contribution in [-0.4, -0.2) is 27.3 Å². The van der Waals surface area contributed by atoms with Gasteiger partial charge >= 0.3 is 6.16 Å². The molecule has 0 aromatic heterocycles. The minimum Gasteiger partial charge on any atom is -0.450 e. The summed E-state index contributed by atoms with van der Waals surface area (Å²) in [5.74, 6) is 0. The van der Waals surface area contributed by atoms with Crippen molar-refractivity contribution < 1.29 is 43.3 Å². The average molecular weight is 150 g/mol. The van der Waals surface area contributed by atoms with E-state index in [0.29, 0.717) is 0 Å². The summed E-state index contributed by atoms with van der Waals surface area (Å²) in [4.78, 5) is 8.56. The smallest absolute Gasteiger partial charge is 0.450 e. The Morgan fingerprint density at radius 3 is 1.14 bits per heavy atom. The van der Waals surface area contributed by atoms with Gasteiger partial charge in [-0.05, 0) is 0 Å². The van der Waals surface area contributed by atoms with Crippen molar-refractivity contribution in [1.82, 2.24) is 0 Å². The van der Waals surface area contributed by atoms with Gasteiger partial charge in [0.05, 0.1) is 0 Å². The predicted octanol–water partition coefficient (Wildman–Crippen LogP) is -1.43. The van der Waals surface area contributed by atoms with E-state index in [1.165, 1.54) is 0 Å². The molecule has 0 rings (SSSR count). The Hall–Kier alpha value is -0.278. The first-order valence-corrected chi connectivity index (χ1v) is 0.651. The number of carboxylic acid groups (broad SMARTS) is 2. The van der Waals surface area contributed by atoms with Crippen molar-refractivity contribution in [3.8, 4) is 0 Å². The van der Waals surface area contributed by atoms with Gasteiger partial charge in [0.15, 0.2) is 0 Å². The summed E-state index contributed by atoms with van der Waals surface area (Å²) in [6.07, 6.45) is -1.83. The Balaban J connectivity index is -0.0000000150. The van der Waals surface area contributed by atoms with Gasteiger partial charge in [-0.15, -0.1) is 0 Å². The molecule has 0 spiro atoms. The third-order valence-electron chi connectivity index (χ3n) is 0. The number of hydrogen-bond donors (Lipinski definition) is 2. The molecule has 0 bridgehead atoms. The summed E-state index contributed by atoms with van der Waals surface area (Å²) in [5.41, 5.74) is 0. The van der Waals surface area contributed by atoms with E-state index < -0.39 is 6.16 Å². The molecule has 0 heterocycles. The molecular weight excluding hydrogens is 144 g/mol. The molecule has 0 saturated carbocycles. The third kappa shape index (κ3) is 1030. The zero-order valence-corrected chi connectivity index (χ0v) is 4.49. The minimum atomic E-state index is -1.83. The fraction of sp³-hybridized carbons (Fsp3) is 0. The molecule has 0 aromatic rings. The van der Waals surface area contributed by atoms with E-state index in [1.54, 1.807) is 0 Å². The van der Waals surface area contributed by atoms with E-state index in [-0.39, 0.29) is 28.3 Å². The summed E-state index contributed by atoms with van der Waals surface area (Å²) in [6.45, 7) is 0. The van der Waals surface area contributed by atoms with E-state index in [4.69, 9.17) is 15.0 Å². The van der Waals surface area contributed by atoms with Crippen molar-refractivity contribution in [1.29, 1.82) is 0 Å². The monoisotopic (exact) mass is 150 g/mol. The normalized spacial score (nSPS) is 3.43. The Labute approximate surface area is 50.3 Å². The molecule has 7 heavy (non-hydrogen) atoms. The number of rotatable bonds is 0. The molecule has 0 radical (unpaired) electrons. The standard InChI is InChI=1S/CH2O3.Cr.2H2O/c2-1(3)4;;;/h(H2,2,3,4);;2*1H2. The second-order valence-electron chi connectivity index (χ2n) is 0.283. The van der Waals surface area contributed by atoms with Crippen LogP contribution in [0.4, 0.5) is 4.79 Å². The first-order valence-electron chi connectivity index (χ1n) is 0.651. The molecule has 0 fully saturated rings. The van der Waals surface area contributed by atoms with Crippen molar-refractivity contribution in [2.45, 2.75) is 0 Å². The Kier molecular flexibility index (Phi) is 73.1. The van der Waals surface area contributed by atoms with Gasteiger partial charge in [0.25, 0.3) is 0 Å². The fourth-order valence-corrected chi connectivity index (χ4v) is 0. The molecule has 5 nitrogen and oxygen atoms in total. The van der Waals surface area contributed by atoms with E-state index in [1.807, 2.05) is 0 Å². The summed E-state index contributed by atoms with van der Waals surface area (Å²) in [5, 5.41) is 13.9.